The van der Waals surface area contributed by atoms with Crippen molar-refractivity contribution >= 4 is 40.0 Å². The predicted molar refractivity (Wildman–Crippen MR) is 184 cm³/mol. The molecule has 0 radical (unpaired) electrons. The molecule has 1 atom stereocenters. The summed E-state index contributed by atoms with van der Waals surface area (Å²) in [7, 11) is 0. The quantitative estimate of drug-likeness (QED) is 0.152. The van der Waals surface area contributed by atoms with Gasteiger partial charge in [-0.15, -0.1) is 0 Å². The molecule has 9 heteroatoms. The molecule has 3 aromatic carbocycles. The van der Waals surface area contributed by atoms with Gasteiger partial charge in [0.2, 0.25) is 0 Å². The van der Waals surface area contributed by atoms with Crippen molar-refractivity contribution in [2.45, 2.75) is 66.7 Å². The van der Waals surface area contributed by atoms with E-state index in [1.54, 1.807) is 0 Å². The second-order valence-corrected chi connectivity index (χ2v) is 12.8. The maximum absolute atomic E-state index is 13.4. The molecule has 0 bridgehead atoms. The number of halogens is 2. The highest BCUT2D eigenvalue weighted by Gasteiger charge is 2.32. The first-order chi connectivity index (χ1) is 22.1. The molecule has 1 amide bonds. The van der Waals surface area contributed by atoms with E-state index in [1.807, 2.05) is 82.3 Å². The minimum absolute atomic E-state index is 0.0321. The van der Waals surface area contributed by atoms with E-state index in [-0.39, 0.29) is 11.9 Å². The summed E-state index contributed by atoms with van der Waals surface area (Å²) in [5.41, 5.74) is 9.03. The summed E-state index contributed by atoms with van der Waals surface area (Å²) in [6.07, 6.45) is 1.39. The molecule has 46 heavy (non-hydrogen) atoms. The largest absolute Gasteiger partial charge is 0.494 e. The fourth-order valence-electron chi connectivity index (χ4n) is 6.51. The molecule has 0 aliphatic carbocycles. The average Bonchev–Trinajstić information content (AvgIpc) is 3.36. The van der Waals surface area contributed by atoms with Crippen LogP contribution in [0.3, 0.4) is 0 Å². The van der Waals surface area contributed by atoms with Crippen LogP contribution in [0.1, 0.15) is 69.3 Å². The summed E-state index contributed by atoms with van der Waals surface area (Å²) < 4.78 is 14.2. The monoisotopic (exact) mass is 656 g/mol. The van der Waals surface area contributed by atoms with Gasteiger partial charge in [-0.1, -0.05) is 59.6 Å². The van der Waals surface area contributed by atoms with Gasteiger partial charge in [0.05, 0.1) is 23.8 Å². The lowest BCUT2D eigenvalue weighted by atomic mass is 9.97. The molecule has 0 saturated carbocycles. The molecule has 0 spiro atoms. The van der Waals surface area contributed by atoms with Crippen LogP contribution in [-0.2, 0) is 24.4 Å². The molecule has 0 fully saturated rings. The first-order valence-corrected chi connectivity index (χ1v) is 16.4. The van der Waals surface area contributed by atoms with Crippen LogP contribution in [-0.4, -0.2) is 33.6 Å². The van der Waals surface area contributed by atoms with Gasteiger partial charge in [0.15, 0.2) is 5.82 Å². The highest BCUT2D eigenvalue weighted by Crippen LogP contribution is 2.43. The maximum atomic E-state index is 13.4. The Bertz CT molecular complexity index is 1890. The molecule has 1 N–H and O–H groups in total. The van der Waals surface area contributed by atoms with Crippen LogP contribution in [0.5, 0.6) is 5.75 Å². The lowest BCUT2D eigenvalue weighted by Crippen LogP contribution is -2.38. The number of carbonyl (C=O) groups excluding carboxylic acids is 1. The van der Waals surface area contributed by atoms with Crippen LogP contribution in [0.25, 0.3) is 22.0 Å². The number of aromatic nitrogens is 3. The zero-order valence-electron chi connectivity index (χ0n) is 26.8. The minimum Gasteiger partial charge on any atom is -0.494 e. The SMILES string of the molecule is Cc1cc(OCCCc2c3n(c4c(-c5c(C)nc(COCc6ccccc6)nc5C)c(Cl)ccc24)C(C)CNC3=O)cc(C)c1Cl. The van der Waals surface area contributed by atoms with Crippen molar-refractivity contribution in [1.29, 1.82) is 0 Å². The smallest absolute Gasteiger partial charge is 0.268 e. The number of nitrogens with one attached hydrogen (secondary N) is 1. The lowest BCUT2D eigenvalue weighted by Gasteiger charge is -2.26. The van der Waals surface area contributed by atoms with Gasteiger partial charge in [-0.2, -0.15) is 0 Å². The number of carbonyl (C=O) groups is 1. The molecule has 3 heterocycles. The molecule has 1 unspecified atom stereocenters. The highest BCUT2D eigenvalue weighted by atomic mass is 35.5. The number of amides is 1. The third-order valence-corrected chi connectivity index (χ3v) is 9.50. The molecular weight excluding hydrogens is 619 g/mol. The van der Waals surface area contributed by atoms with Crippen LogP contribution < -0.4 is 10.1 Å². The van der Waals surface area contributed by atoms with Crippen LogP contribution in [0.4, 0.5) is 0 Å². The van der Waals surface area contributed by atoms with Crippen molar-refractivity contribution < 1.29 is 14.3 Å². The Morgan fingerprint density at radius 2 is 1.63 bits per heavy atom. The molecule has 1 aliphatic heterocycles. The number of benzene rings is 3. The Kier molecular flexibility index (Phi) is 9.37. The molecule has 238 valence electrons. The van der Waals surface area contributed by atoms with Crippen molar-refractivity contribution in [2.24, 2.45) is 0 Å². The highest BCUT2D eigenvalue weighted by molar-refractivity contribution is 6.35. The summed E-state index contributed by atoms with van der Waals surface area (Å²) in [6.45, 7) is 11.9. The molecule has 1 aliphatic rings. The Morgan fingerprint density at radius 1 is 0.935 bits per heavy atom. The van der Waals surface area contributed by atoms with Crippen molar-refractivity contribution in [3.63, 3.8) is 0 Å². The van der Waals surface area contributed by atoms with Gasteiger partial charge in [0, 0.05) is 45.5 Å². The standard InChI is InChI=1S/C37H38Cl2N4O3/c1-21-16-27(17-22(2)34(21)39)46-15-9-12-28-29-13-14-30(38)33(35(29)43-23(3)18-40-37(44)36(28)43)32-24(4)41-31(42-25(32)5)20-45-19-26-10-7-6-8-11-26/h6-8,10-11,13-14,16-17,23H,9,12,15,18-20H2,1-5H3,(H,40,44). The summed E-state index contributed by atoms with van der Waals surface area (Å²) in [5.74, 6) is 1.34. The minimum atomic E-state index is -0.0770. The molecule has 7 nitrogen and oxygen atoms in total. The zero-order chi connectivity index (χ0) is 32.5. The van der Waals surface area contributed by atoms with Gasteiger partial charge >= 0.3 is 0 Å². The summed E-state index contributed by atoms with van der Waals surface area (Å²) in [4.78, 5) is 23.1. The number of hydrogen-bond acceptors (Lipinski definition) is 5. The van der Waals surface area contributed by atoms with Crippen molar-refractivity contribution in [1.82, 2.24) is 19.9 Å². The van der Waals surface area contributed by atoms with E-state index in [2.05, 4.69) is 16.8 Å². The first-order valence-electron chi connectivity index (χ1n) is 15.6. The third kappa shape index (κ3) is 6.24. The molecule has 0 saturated heterocycles. The zero-order valence-corrected chi connectivity index (χ0v) is 28.4. The van der Waals surface area contributed by atoms with E-state index in [4.69, 9.17) is 42.6 Å². The Hall–Kier alpha value is -3.91. The fraction of sp³-hybridized carbons (Fsp3) is 0.324. The predicted octanol–water partition coefficient (Wildman–Crippen LogP) is 8.67. The van der Waals surface area contributed by atoms with E-state index < -0.39 is 0 Å². The van der Waals surface area contributed by atoms with E-state index in [1.165, 1.54) is 0 Å². The van der Waals surface area contributed by atoms with Crippen molar-refractivity contribution in [2.75, 3.05) is 13.2 Å². The van der Waals surface area contributed by atoms with Crippen LogP contribution in [0.15, 0.2) is 54.6 Å². The van der Waals surface area contributed by atoms with Gasteiger partial charge in [-0.25, -0.2) is 9.97 Å². The average molecular weight is 658 g/mol. The van der Waals surface area contributed by atoms with E-state index in [9.17, 15) is 4.79 Å². The summed E-state index contributed by atoms with van der Waals surface area (Å²) in [6, 6.07) is 17.9. The van der Waals surface area contributed by atoms with Crippen LogP contribution in [0, 0.1) is 27.7 Å². The molecule has 2 aromatic heterocycles. The van der Waals surface area contributed by atoms with Crippen LogP contribution in [0.2, 0.25) is 10.0 Å². The van der Waals surface area contributed by atoms with E-state index in [0.29, 0.717) is 49.3 Å². The van der Waals surface area contributed by atoms with Gasteiger partial charge in [-0.3, -0.25) is 4.79 Å². The Balaban J connectivity index is 1.33. The number of aryl methyl sites for hydroxylation is 5. The topological polar surface area (TPSA) is 78.3 Å². The number of ether oxygens (including phenoxy) is 2. The molecular formula is C37H38Cl2N4O3. The number of nitrogens with zero attached hydrogens (tertiary/aromatic N) is 3. The lowest BCUT2D eigenvalue weighted by molar-refractivity contribution is 0.0918. The van der Waals surface area contributed by atoms with Crippen molar-refractivity contribution in [3.8, 4) is 16.9 Å². The molecule has 5 aromatic rings. The Morgan fingerprint density at radius 3 is 2.33 bits per heavy atom. The van der Waals surface area contributed by atoms with Crippen LogP contribution >= 0.6 is 23.2 Å². The van der Waals surface area contributed by atoms with E-state index >= 15 is 0 Å². The van der Waals surface area contributed by atoms with Gasteiger partial charge < -0.3 is 19.4 Å². The number of fused-ring (bicyclic) bond motifs is 3. The molecule has 6 rings (SSSR count). The Labute approximate surface area is 279 Å². The summed E-state index contributed by atoms with van der Waals surface area (Å²) >= 11 is 13.4. The number of hydrogen-bond donors (Lipinski definition) is 1. The second kappa shape index (κ2) is 13.4. The normalized spacial score (nSPS) is 14.4. The van der Waals surface area contributed by atoms with Gasteiger partial charge in [-0.05, 0) is 87.9 Å². The first kappa shape index (κ1) is 32.0. The van der Waals surface area contributed by atoms with Crippen molar-refractivity contribution in [3.05, 3.63) is 110 Å². The second-order valence-electron chi connectivity index (χ2n) is 12.1. The van der Waals surface area contributed by atoms with E-state index in [0.717, 1.165) is 72.9 Å². The number of rotatable bonds is 10. The summed E-state index contributed by atoms with van der Waals surface area (Å²) in [5, 5.41) is 5.44. The third-order valence-electron chi connectivity index (χ3n) is 8.59. The fourth-order valence-corrected chi connectivity index (χ4v) is 6.87. The van der Waals surface area contributed by atoms with Gasteiger partial charge in [0.25, 0.3) is 5.91 Å². The maximum Gasteiger partial charge on any atom is 0.268 e. The van der Waals surface area contributed by atoms with Gasteiger partial charge in [0.1, 0.15) is 18.1 Å².